The second-order valence-corrected chi connectivity index (χ2v) is 4.95. The second-order valence-electron chi connectivity index (χ2n) is 4.95. The van der Waals surface area contributed by atoms with E-state index < -0.39 is 11.8 Å². The van der Waals surface area contributed by atoms with Crippen molar-refractivity contribution < 1.29 is 19.4 Å². The van der Waals surface area contributed by atoms with E-state index in [1.165, 1.54) is 18.2 Å². The van der Waals surface area contributed by atoms with Crippen LogP contribution in [0, 0.1) is 0 Å². The highest BCUT2D eigenvalue weighted by molar-refractivity contribution is 6.35. The summed E-state index contributed by atoms with van der Waals surface area (Å²) in [6.45, 7) is 1.21. The largest absolute Gasteiger partial charge is 0.504 e. The minimum Gasteiger partial charge on any atom is -0.504 e. The number of piperidine rings is 1. The minimum absolute atomic E-state index is 0.0784. The van der Waals surface area contributed by atoms with Gasteiger partial charge in [-0.3, -0.25) is 9.59 Å². The van der Waals surface area contributed by atoms with Crippen molar-refractivity contribution in [2.75, 3.05) is 20.2 Å². The van der Waals surface area contributed by atoms with Crippen LogP contribution in [0.2, 0.25) is 0 Å². The highest BCUT2D eigenvalue weighted by atomic mass is 16.5. The third kappa shape index (κ3) is 3.75. The number of hydrogen-bond acceptors (Lipinski definition) is 5. The molecule has 0 spiro atoms. The first-order valence-corrected chi connectivity index (χ1v) is 7.11. The monoisotopic (exact) mass is 305 g/mol. The quantitative estimate of drug-likeness (QED) is 0.492. The lowest BCUT2D eigenvalue weighted by molar-refractivity contribution is -0.146. The van der Waals surface area contributed by atoms with Gasteiger partial charge in [-0.05, 0) is 31.4 Å². The number of benzene rings is 1. The number of aromatic hydroxyl groups is 1. The van der Waals surface area contributed by atoms with E-state index in [1.807, 2.05) is 0 Å². The molecule has 1 aliphatic rings. The van der Waals surface area contributed by atoms with Gasteiger partial charge in [0, 0.05) is 18.7 Å². The average Bonchev–Trinajstić information content (AvgIpc) is 2.56. The molecule has 2 N–H and O–H groups in total. The van der Waals surface area contributed by atoms with Gasteiger partial charge < -0.3 is 14.7 Å². The van der Waals surface area contributed by atoms with Crippen molar-refractivity contribution in [3.63, 3.8) is 0 Å². The van der Waals surface area contributed by atoms with Crippen LogP contribution < -0.4 is 10.2 Å². The molecule has 0 atom stereocenters. The van der Waals surface area contributed by atoms with Gasteiger partial charge in [-0.2, -0.15) is 5.10 Å². The molecule has 0 aromatic heterocycles. The van der Waals surface area contributed by atoms with Gasteiger partial charge in [0.25, 0.3) is 0 Å². The molecule has 1 saturated heterocycles. The Morgan fingerprint density at radius 3 is 2.73 bits per heavy atom. The smallest absolute Gasteiger partial charge is 0.329 e. The van der Waals surface area contributed by atoms with Crippen molar-refractivity contribution in [2.24, 2.45) is 5.10 Å². The number of ether oxygens (including phenoxy) is 1. The summed E-state index contributed by atoms with van der Waals surface area (Å²) in [5.74, 6) is -1.13. The molecule has 0 unspecified atom stereocenters. The van der Waals surface area contributed by atoms with Crippen LogP contribution in [-0.2, 0) is 9.59 Å². The Morgan fingerprint density at radius 2 is 2.05 bits per heavy atom. The maximum Gasteiger partial charge on any atom is 0.329 e. The lowest BCUT2D eigenvalue weighted by Gasteiger charge is -2.25. The predicted molar refractivity (Wildman–Crippen MR) is 80.8 cm³/mol. The summed E-state index contributed by atoms with van der Waals surface area (Å²) in [7, 11) is 1.44. The number of phenolic OH excluding ortho intramolecular Hbond substituents is 1. The van der Waals surface area contributed by atoms with Gasteiger partial charge in [0.15, 0.2) is 11.5 Å². The van der Waals surface area contributed by atoms with E-state index in [2.05, 4.69) is 10.5 Å². The summed E-state index contributed by atoms with van der Waals surface area (Å²) in [6, 6.07) is 4.89. The molecule has 0 bridgehead atoms. The number of carbonyl (C=O) groups is 2. The van der Waals surface area contributed by atoms with Gasteiger partial charge in [-0.25, -0.2) is 5.43 Å². The van der Waals surface area contributed by atoms with Gasteiger partial charge in [-0.1, -0.05) is 6.07 Å². The van der Waals surface area contributed by atoms with E-state index in [4.69, 9.17) is 4.74 Å². The van der Waals surface area contributed by atoms with Crippen molar-refractivity contribution in [3.8, 4) is 11.5 Å². The molecule has 0 radical (unpaired) electrons. The molecular formula is C15H19N3O4. The van der Waals surface area contributed by atoms with Crippen LogP contribution in [0.5, 0.6) is 11.5 Å². The SMILES string of the molecule is COc1cccc(/C=N\NC(=O)C(=O)N2CCCCC2)c1O. The third-order valence-corrected chi connectivity index (χ3v) is 3.46. The fraction of sp³-hybridized carbons (Fsp3) is 0.400. The molecule has 2 amide bonds. The van der Waals surface area contributed by atoms with E-state index >= 15 is 0 Å². The molecule has 1 aliphatic heterocycles. The van der Waals surface area contributed by atoms with Crippen LogP contribution in [0.15, 0.2) is 23.3 Å². The lowest BCUT2D eigenvalue weighted by Crippen LogP contribution is -2.43. The summed E-state index contributed by atoms with van der Waals surface area (Å²) in [6.07, 6.45) is 4.18. The number of rotatable bonds is 3. The maximum absolute atomic E-state index is 11.9. The molecular weight excluding hydrogens is 286 g/mol. The standard InChI is InChI=1S/C15H19N3O4/c1-22-12-7-5-6-11(13(12)19)10-16-17-14(20)15(21)18-8-3-2-4-9-18/h5-7,10,19H,2-4,8-9H2,1H3,(H,17,20)/b16-10-. The summed E-state index contributed by atoms with van der Waals surface area (Å²) >= 11 is 0. The van der Waals surface area contributed by atoms with Crippen LogP contribution in [0.25, 0.3) is 0 Å². The molecule has 118 valence electrons. The summed E-state index contributed by atoms with van der Waals surface area (Å²) in [5.41, 5.74) is 2.56. The van der Waals surface area contributed by atoms with Gasteiger partial charge in [0.1, 0.15) is 0 Å². The Labute approximate surface area is 128 Å². The second kappa shape index (κ2) is 7.44. The maximum atomic E-state index is 11.9. The molecule has 7 nitrogen and oxygen atoms in total. The zero-order valence-electron chi connectivity index (χ0n) is 12.4. The molecule has 1 aromatic carbocycles. The number of methoxy groups -OCH3 is 1. The predicted octanol–water partition coefficient (Wildman–Crippen LogP) is 0.863. The summed E-state index contributed by atoms with van der Waals surface area (Å²) < 4.78 is 4.97. The molecule has 2 rings (SSSR count). The first-order chi connectivity index (χ1) is 10.6. The molecule has 7 heteroatoms. The normalized spacial score (nSPS) is 14.9. The molecule has 0 aliphatic carbocycles. The van der Waals surface area contributed by atoms with Crippen LogP contribution in [0.3, 0.4) is 0 Å². The van der Waals surface area contributed by atoms with Crippen LogP contribution in [-0.4, -0.2) is 48.2 Å². The summed E-state index contributed by atoms with van der Waals surface area (Å²) in [4.78, 5) is 25.1. The number of phenols is 1. The van der Waals surface area contributed by atoms with Crippen molar-refractivity contribution in [3.05, 3.63) is 23.8 Å². The van der Waals surface area contributed by atoms with Crippen molar-refractivity contribution >= 4 is 18.0 Å². The number of nitrogens with zero attached hydrogens (tertiary/aromatic N) is 2. The van der Waals surface area contributed by atoms with Gasteiger partial charge in [0.05, 0.1) is 13.3 Å². The molecule has 1 aromatic rings. The highest BCUT2D eigenvalue weighted by Gasteiger charge is 2.22. The Hall–Kier alpha value is -2.57. The van der Waals surface area contributed by atoms with Gasteiger partial charge in [-0.15, -0.1) is 0 Å². The zero-order chi connectivity index (χ0) is 15.9. The fourth-order valence-electron chi connectivity index (χ4n) is 2.26. The molecule has 1 fully saturated rings. The Balaban J connectivity index is 1.94. The number of hydrogen-bond donors (Lipinski definition) is 2. The lowest BCUT2D eigenvalue weighted by atomic mass is 10.1. The van der Waals surface area contributed by atoms with E-state index in [0.717, 1.165) is 19.3 Å². The molecule has 22 heavy (non-hydrogen) atoms. The summed E-state index contributed by atoms with van der Waals surface area (Å²) in [5, 5.41) is 13.6. The average molecular weight is 305 g/mol. The Morgan fingerprint density at radius 1 is 1.32 bits per heavy atom. The first kappa shape index (κ1) is 15.8. The highest BCUT2D eigenvalue weighted by Crippen LogP contribution is 2.27. The van der Waals surface area contributed by atoms with Crippen LogP contribution in [0.1, 0.15) is 24.8 Å². The minimum atomic E-state index is -0.777. The van der Waals surface area contributed by atoms with Crippen molar-refractivity contribution in [1.82, 2.24) is 10.3 Å². The van der Waals surface area contributed by atoms with Crippen molar-refractivity contribution in [2.45, 2.75) is 19.3 Å². The fourth-order valence-corrected chi connectivity index (χ4v) is 2.26. The molecule has 1 heterocycles. The number of nitrogens with one attached hydrogen (secondary N) is 1. The molecule has 0 saturated carbocycles. The third-order valence-electron chi connectivity index (χ3n) is 3.46. The van der Waals surface area contributed by atoms with Gasteiger partial charge >= 0.3 is 11.8 Å². The van der Waals surface area contributed by atoms with Gasteiger partial charge in [0.2, 0.25) is 0 Å². The number of para-hydroxylation sites is 1. The van der Waals surface area contributed by atoms with E-state index in [9.17, 15) is 14.7 Å². The number of likely N-dealkylation sites (tertiary alicyclic amines) is 1. The Kier molecular flexibility index (Phi) is 5.35. The number of hydrazone groups is 1. The number of carbonyl (C=O) groups excluding carboxylic acids is 2. The van der Waals surface area contributed by atoms with Crippen LogP contribution in [0.4, 0.5) is 0 Å². The van der Waals surface area contributed by atoms with E-state index in [1.54, 1.807) is 18.2 Å². The van der Waals surface area contributed by atoms with Crippen LogP contribution >= 0.6 is 0 Å². The van der Waals surface area contributed by atoms with E-state index in [0.29, 0.717) is 24.4 Å². The Bertz CT molecular complexity index is 580. The van der Waals surface area contributed by atoms with E-state index in [-0.39, 0.29) is 5.75 Å². The number of amides is 2. The van der Waals surface area contributed by atoms with Crippen molar-refractivity contribution in [1.29, 1.82) is 0 Å². The topological polar surface area (TPSA) is 91.2 Å². The zero-order valence-corrected chi connectivity index (χ0v) is 12.4. The first-order valence-electron chi connectivity index (χ1n) is 7.11.